The fourth-order valence-electron chi connectivity index (χ4n) is 3.74. The molecule has 0 spiro atoms. The van der Waals surface area contributed by atoms with Crippen LogP contribution in [0.15, 0.2) is 24.3 Å². The summed E-state index contributed by atoms with van der Waals surface area (Å²) in [7, 11) is -1.28. The van der Waals surface area contributed by atoms with E-state index in [4.69, 9.17) is 0 Å². The highest BCUT2D eigenvalue weighted by molar-refractivity contribution is 7.91. The van der Waals surface area contributed by atoms with Crippen molar-refractivity contribution in [2.24, 2.45) is 0 Å². The van der Waals surface area contributed by atoms with Crippen molar-refractivity contribution >= 4 is 21.4 Å². The summed E-state index contributed by atoms with van der Waals surface area (Å²) >= 11 is 0. The van der Waals surface area contributed by atoms with Gasteiger partial charge in [0, 0.05) is 45.0 Å². The van der Waals surface area contributed by atoms with Gasteiger partial charge in [0.25, 0.3) is 0 Å². The Labute approximate surface area is 155 Å². The first-order valence-corrected chi connectivity index (χ1v) is 10.8. The third kappa shape index (κ3) is 4.12. The quantitative estimate of drug-likeness (QED) is 0.820. The standard InChI is InChI=1S/C18H27N3O4S/c1-14(18(23)19(2)16-7-12-26(24,25)13-16)20-8-10-21(11-9-20)15-3-5-17(22)6-4-15/h3-6,14,16,22H,7-13H2,1-2H3/t14-,16-/m0/s1. The molecule has 0 bridgehead atoms. The molecule has 0 aliphatic carbocycles. The van der Waals surface area contributed by atoms with Gasteiger partial charge in [-0.25, -0.2) is 8.42 Å². The predicted molar refractivity (Wildman–Crippen MR) is 101 cm³/mol. The lowest BCUT2D eigenvalue weighted by Crippen LogP contribution is -2.55. The van der Waals surface area contributed by atoms with Crippen LogP contribution in [-0.2, 0) is 14.6 Å². The zero-order valence-corrected chi connectivity index (χ0v) is 16.2. The summed E-state index contributed by atoms with van der Waals surface area (Å²) in [6.45, 7) is 5.06. The van der Waals surface area contributed by atoms with E-state index < -0.39 is 9.84 Å². The molecule has 1 amide bonds. The summed E-state index contributed by atoms with van der Waals surface area (Å²) in [5.74, 6) is 0.500. The lowest BCUT2D eigenvalue weighted by molar-refractivity contribution is -0.136. The number of phenolic OH excluding ortho intramolecular Hbond substituents is 1. The number of carbonyl (C=O) groups is 1. The van der Waals surface area contributed by atoms with Gasteiger partial charge in [-0.15, -0.1) is 0 Å². The Morgan fingerprint density at radius 2 is 1.81 bits per heavy atom. The summed E-state index contributed by atoms with van der Waals surface area (Å²) in [5, 5.41) is 9.40. The number of nitrogens with zero attached hydrogens (tertiary/aromatic N) is 3. The Kier molecular flexibility index (Phi) is 5.43. The molecule has 0 aromatic heterocycles. The number of likely N-dealkylation sites (N-methyl/N-ethyl adjacent to an activating group) is 1. The number of hydrogen-bond acceptors (Lipinski definition) is 6. The average molecular weight is 381 g/mol. The van der Waals surface area contributed by atoms with Crippen molar-refractivity contribution in [3.63, 3.8) is 0 Å². The fraction of sp³-hybridized carbons (Fsp3) is 0.611. The third-order valence-electron chi connectivity index (χ3n) is 5.54. The molecule has 2 heterocycles. The average Bonchev–Trinajstić information content (AvgIpc) is 3.00. The number of phenols is 1. The van der Waals surface area contributed by atoms with Crippen molar-refractivity contribution in [2.45, 2.75) is 25.4 Å². The van der Waals surface area contributed by atoms with Crippen LogP contribution in [0.25, 0.3) is 0 Å². The number of benzene rings is 1. The molecule has 2 saturated heterocycles. The Bertz CT molecular complexity index is 742. The summed E-state index contributed by atoms with van der Waals surface area (Å²) in [5.41, 5.74) is 1.06. The second kappa shape index (κ2) is 7.44. The highest BCUT2D eigenvalue weighted by atomic mass is 32.2. The largest absolute Gasteiger partial charge is 0.508 e. The van der Waals surface area contributed by atoms with Crippen LogP contribution < -0.4 is 4.90 Å². The molecular weight excluding hydrogens is 354 g/mol. The fourth-order valence-corrected chi connectivity index (χ4v) is 5.52. The Balaban J connectivity index is 1.55. The normalized spacial score (nSPS) is 24.4. The third-order valence-corrected chi connectivity index (χ3v) is 7.29. The van der Waals surface area contributed by atoms with Gasteiger partial charge in [-0.05, 0) is 37.6 Å². The van der Waals surface area contributed by atoms with E-state index in [0.29, 0.717) is 6.42 Å². The second-order valence-electron chi connectivity index (χ2n) is 7.22. The van der Waals surface area contributed by atoms with Crippen molar-refractivity contribution in [3.8, 4) is 5.75 Å². The number of hydrogen-bond donors (Lipinski definition) is 1. The molecule has 1 aromatic carbocycles. The molecule has 0 unspecified atom stereocenters. The number of carbonyl (C=O) groups excluding carboxylic acids is 1. The van der Waals surface area contributed by atoms with Crippen LogP contribution in [-0.4, -0.2) is 86.0 Å². The van der Waals surface area contributed by atoms with Crippen LogP contribution >= 0.6 is 0 Å². The second-order valence-corrected chi connectivity index (χ2v) is 9.45. The number of sulfone groups is 1. The highest BCUT2D eigenvalue weighted by Gasteiger charge is 2.35. The minimum absolute atomic E-state index is 0.00909. The van der Waals surface area contributed by atoms with E-state index in [9.17, 15) is 18.3 Å². The van der Waals surface area contributed by atoms with Gasteiger partial charge < -0.3 is 14.9 Å². The lowest BCUT2D eigenvalue weighted by atomic mass is 10.1. The first-order valence-electron chi connectivity index (χ1n) is 9.02. The van der Waals surface area contributed by atoms with Crippen molar-refractivity contribution in [2.75, 3.05) is 49.6 Å². The maximum Gasteiger partial charge on any atom is 0.239 e. The number of amides is 1. The van der Waals surface area contributed by atoms with E-state index in [1.54, 1.807) is 24.1 Å². The zero-order chi connectivity index (χ0) is 18.9. The molecule has 2 fully saturated rings. The molecule has 3 rings (SSSR count). The summed E-state index contributed by atoms with van der Waals surface area (Å²) in [6.07, 6.45) is 0.534. The molecule has 1 N–H and O–H groups in total. The SMILES string of the molecule is C[C@@H](C(=O)N(C)[C@H]1CCS(=O)(=O)C1)N1CCN(c2ccc(O)cc2)CC1. The molecule has 0 radical (unpaired) electrons. The van der Waals surface area contributed by atoms with Gasteiger partial charge in [-0.1, -0.05) is 0 Å². The van der Waals surface area contributed by atoms with Crippen LogP contribution in [0.5, 0.6) is 5.75 Å². The van der Waals surface area contributed by atoms with Gasteiger partial charge in [0.1, 0.15) is 5.75 Å². The van der Waals surface area contributed by atoms with Crippen molar-refractivity contribution in [3.05, 3.63) is 24.3 Å². The van der Waals surface area contributed by atoms with Gasteiger partial charge in [0.05, 0.1) is 17.5 Å². The molecule has 2 aliphatic heterocycles. The summed E-state index contributed by atoms with van der Waals surface area (Å²) < 4.78 is 23.3. The van der Waals surface area contributed by atoms with Crippen LogP contribution in [0.1, 0.15) is 13.3 Å². The van der Waals surface area contributed by atoms with E-state index in [2.05, 4.69) is 9.80 Å². The Morgan fingerprint density at radius 1 is 1.19 bits per heavy atom. The van der Waals surface area contributed by atoms with Gasteiger partial charge in [0.2, 0.25) is 5.91 Å². The van der Waals surface area contributed by atoms with Crippen molar-refractivity contribution < 1.29 is 18.3 Å². The molecule has 144 valence electrons. The van der Waals surface area contributed by atoms with Gasteiger partial charge in [-0.2, -0.15) is 0 Å². The maximum atomic E-state index is 12.8. The lowest BCUT2D eigenvalue weighted by Gasteiger charge is -2.40. The summed E-state index contributed by atoms with van der Waals surface area (Å²) in [4.78, 5) is 18.8. The molecule has 1 aromatic rings. The molecule has 7 nitrogen and oxygen atoms in total. The molecule has 26 heavy (non-hydrogen) atoms. The van der Waals surface area contributed by atoms with Crippen LogP contribution in [0.3, 0.4) is 0 Å². The number of piperazine rings is 1. The van der Waals surface area contributed by atoms with E-state index in [-0.39, 0.29) is 35.2 Å². The number of rotatable bonds is 4. The summed E-state index contributed by atoms with van der Waals surface area (Å²) in [6, 6.07) is 6.69. The van der Waals surface area contributed by atoms with E-state index in [0.717, 1.165) is 31.9 Å². The molecule has 2 atom stereocenters. The van der Waals surface area contributed by atoms with Crippen molar-refractivity contribution in [1.82, 2.24) is 9.80 Å². The smallest absolute Gasteiger partial charge is 0.239 e. The number of anilines is 1. The Morgan fingerprint density at radius 3 is 2.35 bits per heavy atom. The van der Waals surface area contributed by atoms with Crippen LogP contribution in [0, 0.1) is 0 Å². The van der Waals surface area contributed by atoms with Crippen LogP contribution in [0.4, 0.5) is 5.69 Å². The van der Waals surface area contributed by atoms with Crippen molar-refractivity contribution in [1.29, 1.82) is 0 Å². The van der Waals surface area contributed by atoms with Gasteiger partial charge >= 0.3 is 0 Å². The van der Waals surface area contributed by atoms with E-state index in [1.807, 2.05) is 19.1 Å². The topological polar surface area (TPSA) is 81.2 Å². The first kappa shape index (κ1) is 19.0. The van der Waals surface area contributed by atoms with Gasteiger partial charge in [-0.3, -0.25) is 9.69 Å². The molecule has 0 saturated carbocycles. The highest BCUT2D eigenvalue weighted by Crippen LogP contribution is 2.22. The molecule has 2 aliphatic rings. The minimum Gasteiger partial charge on any atom is -0.508 e. The monoisotopic (exact) mass is 381 g/mol. The molecular formula is C18H27N3O4S. The van der Waals surface area contributed by atoms with Gasteiger partial charge in [0.15, 0.2) is 9.84 Å². The molecule has 8 heteroatoms. The van der Waals surface area contributed by atoms with Crippen LogP contribution in [0.2, 0.25) is 0 Å². The number of aromatic hydroxyl groups is 1. The van der Waals surface area contributed by atoms with E-state index in [1.165, 1.54) is 0 Å². The Hall–Kier alpha value is -1.80. The van der Waals surface area contributed by atoms with E-state index >= 15 is 0 Å². The predicted octanol–water partition coefficient (Wildman–Crippen LogP) is 0.548. The minimum atomic E-state index is -3.00. The first-order chi connectivity index (χ1) is 12.3. The zero-order valence-electron chi connectivity index (χ0n) is 15.3. The maximum absolute atomic E-state index is 12.8.